The van der Waals surface area contributed by atoms with Gasteiger partial charge >= 0.3 is 0 Å². The van der Waals surface area contributed by atoms with Gasteiger partial charge in [-0.25, -0.2) is 8.42 Å². The lowest BCUT2D eigenvalue weighted by atomic mass is 10.1. The van der Waals surface area contributed by atoms with Crippen molar-refractivity contribution < 1.29 is 18.0 Å². The van der Waals surface area contributed by atoms with Crippen LogP contribution < -0.4 is 9.62 Å². The summed E-state index contributed by atoms with van der Waals surface area (Å²) in [6.07, 6.45) is 0.978. The zero-order chi connectivity index (χ0) is 29.4. The number of nitrogens with one attached hydrogen (secondary N) is 1. The molecule has 0 aliphatic heterocycles. The molecule has 7 nitrogen and oxygen atoms in total. The Morgan fingerprint density at radius 1 is 0.875 bits per heavy atom. The molecule has 3 aromatic rings. The molecule has 0 aliphatic rings. The van der Waals surface area contributed by atoms with E-state index < -0.39 is 28.5 Å². The van der Waals surface area contributed by atoms with Gasteiger partial charge in [0.05, 0.1) is 15.6 Å². The highest BCUT2D eigenvalue weighted by Gasteiger charge is 2.34. The number of sulfonamides is 1. The van der Waals surface area contributed by atoms with Crippen LogP contribution in [0, 0.1) is 0 Å². The maximum absolute atomic E-state index is 14.1. The highest BCUT2D eigenvalue weighted by atomic mass is 35.5. The van der Waals surface area contributed by atoms with E-state index in [0.717, 1.165) is 4.31 Å². The van der Waals surface area contributed by atoms with Crippen LogP contribution in [0.15, 0.2) is 71.6 Å². The van der Waals surface area contributed by atoms with Gasteiger partial charge < -0.3 is 10.2 Å². The first-order chi connectivity index (χ1) is 19.0. The zero-order valence-electron chi connectivity index (χ0n) is 21.9. The average molecular weight is 645 g/mol. The number of amides is 2. The highest BCUT2D eigenvalue weighted by Crippen LogP contribution is 2.33. The van der Waals surface area contributed by atoms with Gasteiger partial charge in [0, 0.05) is 28.2 Å². The van der Waals surface area contributed by atoms with E-state index >= 15 is 0 Å². The van der Waals surface area contributed by atoms with Crippen LogP contribution in [0.1, 0.15) is 32.3 Å². The quantitative estimate of drug-likeness (QED) is 0.234. The highest BCUT2D eigenvalue weighted by molar-refractivity contribution is 7.92. The lowest BCUT2D eigenvalue weighted by Crippen LogP contribution is -2.52. The molecule has 12 heteroatoms. The summed E-state index contributed by atoms with van der Waals surface area (Å²) in [7, 11) is -4.28. The summed E-state index contributed by atoms with van der Waals surface area (Å²) in [6, 6.07) is 15.9. The summed E-state index contributed by atoms with van der Waals surface area (Å²) >= 11 is 25.1. The van der Waals surface area contributed by atoms with E-state index in [2.05, 4.69) is 5.32 Å². The van der Waals surface area contributed by atoms with E-state index in [1.807, 2.05) is 6.92 Å². The minimum absolute atomic E-state index is 0.0272. The van der Waals surface area contributed by atoms with Crippen molar-refractivity contribution >= 4 is 73.9 Å². The van der Waals surface area contributed by atoms with Gasteiger partial charge in [-0.3, -0.25) is 13.9 Å². The van der Waals surface area contributed by atoms with Crippen molar-refractivity contribution in [2.75, 3.05) is 17.4 Å². The van der Waals surface area contributed by atoms with Crippen molar-refractivity contribution in [1.82, 2.24) is 10.2 Å². The molecule has 3 aromatic carbocycles. The summed E-state index contributed by atoms with van der Waals surface area (Å²) in [4.78, 5) is 28.5. The Kier molecular flexibility index (Phi) is 11.5. The predicted molar refractivity (Wildman–Crippen MR) is 162 cm³/mol. The van der Waals surface area contributed by atoms with Gasteiger partial charge in [-0.2, -0.15) is 0 Å². The predicted octanol–water partition coefficient (Wildman–Crippen LogP) is 6.83. The molecule has 0 aliphatic carbocycles. The van der Waals surface area contributed by atoms with E-state index in [-0.39, 0.29) is 39.5 Å². The molecule has 0 radical (unpaired) electrons. The zero-order valence-corrected chi connectivity index (χ0v) is 25.8. The third-order valence-electron chi connectivity index (χ3n) is 6.08. The number of hydrogen-bond donors (Lipinski definition) is 1. The van der Waals surface area contributed by atoms with Gasteiger partial charge in [-0.15, -0.1) is 0 Å². The fourth-order valence-corrected chi connectivity index (χ4v) is 6.38. The molecule has 2 amide bonds. The molecule has 0 aromatic heterocycles. The Labute approximate surface area is 255 Å². The molecule has 1 N–H and O–H groups in total. The van der Waals surface area contributed by atoms with Gasteiger partial charge in [0.1, 0.15) is 12.6 Å². The normalized spacial score (nSPS) is 12.1. The van der Waals surface area contributed by atoms with Crippen molar-refractivity contribution in [3.8, 4) is 0 Å². The maximum atomic E-state index is 14.1. The molecule has 0 fully saturated rings. The molecule has 0 saturated carbocycles. The lowest BCUT2D eigenvalue weighted by Gasteiger charge is -2.33. The van der Waals surface area contributed by atoms with Crippen LogP contribution in [0.2, 0.25) is 20.1 Å². The van der Waals surface area contributed by atoms with E-state index in [0.29, 0.717) is 28.6 Å². The number of benzene rings is 3. The fourth-order valence-electron chi connectivity index (χ4n) is 4.03. The number of carbonyl (C=O) groups is 2. The Morgan fingerprint density at radius 3 is 2.15 bits per heavy atom. The van der Waals surface area contributed by atoms with Gasteiger partial charge in [0.2, 0.25) is 11.8 Å². The number of rotatable bonds is 12. The van der Waals surface area contributed by atoms with Crippen molar-refractivity contribution in [3.63, 3.8) is 0 Å². The van der Waals surface area contributed by atoms with Crippen molar-refractivity contribution in [1.29, 1.82) is 0 Å². The van der Waals surface area contributed by atoms with Crippen LogP contribution in [0.4, 0.5) is 5.69 Å². The first-order valence-corrected chi connectivity index (χ1v) is 15.5. The van der Waals surface area contributed by atoms with Gasteiger partial charge in [0.15, 0.2) is 0 Å². The summed E-state index contributed by atoms with van der Waals surface area (Å²) in [5, 5.41) is 3.86. The average Bonchev–Trinajstić information content (AvgIpc) is 2.93. The second-order valence-electron chi connectivity index (χ2n) is 8.89. The van der Waals surface area contributed by atoms with E-state index in [9.17, 15) is 18.0 Å². The molecule has 0 spiro atoms. The Balaban J connectivity index is 2.10. The number of halogens is 4. The number of nitrogens with zero attached hydrogens (tertiary/aromatic N) is 2. The largest absolute Gasteiger partial charge is 0.354 e. The first kappa shape index (κ1) is 32.0. The molecule has 0 bridgehead atoms. The van der Waals surface area contributed by atoms with Crippen LogP contribution in [0.5, 0.6) is 0 Å². The third-order valence-corrected chi connectivity index (χ3v) is 8.99. The summed E-state index contributed by atoms with van der Waals surface area (Å²) in [5.74, 6) is -0.999. The maximum Gasteiger partial charge on any atom is 0.264 e. The number of carbonyl (C=O) groups excluding carboxylic acids is 2. The van der Waals surface area contributed by atoms with Crippen LogP contribution in [0.25, 0.3) is 0 Å². The standard InChI is InChI=1S/C28H29Cl4N3O4S/c1-3-14-33-28(37)25(4-2)34(17-19-10-11-20(29)15-24(19)32)27(36)18-35(26-16-21(30)12-13-23(26)31)40(38,39)22-8-6-5-7-9-22/h5-13,15-16,25H,3-4,14,17-18H2,1-2H3,(H,33,37)/t25-/m0/s1. The molecule has 214 valence electrons. The second-order valence-corrected chi connectivity index (χ2v) is 12.4. The summed E-state index contributed by atoms with van der Waals surface area (Å²) in [5.41, 5.74) is 0.568. The minimum Gasteiger partial charge on any atom is -0.354 e. The topological polar surface area (TPSA) is 86.8 Å². The molecular weight excluding hydrogens is 616 g/mol. The van der Waals surface area contributed by atoms with Crippen molar-refractivity contribution in [3.05, 3.63) is 92.4 Å². The molecule has 0 unspecified atom stereocenters. The van der Waals surface area contributed by atoms with Gasteiger partial charge in [-0.1, -0.05) is 84.5 Å². The summed E-state index contributed by atoms with van der Waals surface area (Å²) in [6.45, 7) is 3.39. The van der Waals surface area contributed by atoms with Crippen molar-refractivity contribution in [2.24, 2.45) is 0 Å². The number of hydrogen-bond acceptors (Lipinski definition) is 4. The first-order valence-electron chi connectivity index (χ1n) is 12.5. The Hall–Kier alpha value is -2.49. The third kappa shape index (κ3) is 7.83. The van der Waals surface area contributed by atoms with Crippen LogP contribution in [0.3, 0.4) is 0 Å². The molecule has 0 heterocycles. The fraction of sp³-hybridized carbons (Fsp3) is 0.286. The van der Waals surface area contributed by atoms with Crippen LogP contribution in [-0.4, -0.2) is 44.3 Å². The monoisotopic (exact) mass is 643 g/mol. The summed E-state index contributed by atoms with van der Waals surface area (Å²) < 4.78 is 28.6. The van der Waals surface area contributed by atoms with Crippen molar-refractivity contribution in [2.45, 2.75) is 44.2 Å². The molecular formula is C28H29Cl4N3O4S. The second kappa shape index (κ2) is 14.4. The van der Waals surface area contributed by atoms with Gasteiger partial charge in [-0.05, 0) is 60.9 Å². The molecule has 40 heavy (non-hydrogen) atoms. The van der Waals surface area contributed by atoms with Crippen LogP contribution in [-0.2, 0) is 26.2 Å². The van der Waals surface area contributed by atoms with Gasteiger partial charge in [0.25, 0.3) is 10.0 Å². The minimum atomic E-state index is -4.28. The molecule has 1 atom stereocenters. The smallest absolute Gasteiger partial charge is 0.264 e. The van der Waals surface area contributed by atoms with E-state index in [1.54, 1.807) is 37.3 Å². The van der Waals surface area contributed by atoms with E-state index in [4.69, 9.17) is 46.4 Å². The number of anilines is 1. The Bertz CT molecular complexity index is 1460. The molecule has 0 saturated heterocycles. The van der Waals surface area contributed by atoms with Crippen LogP contribution >= 0.6 is 46.4 Å². The van der Waals surface area contributed by atoms with E-state index in [1.165, 1.54) is 41.3 Å². The Morgan fingerprint density at radius 2 is 1.52 bits per heavy atom. The molecule has 3 rings (SSSR count). The lowest BCUT2D eigenvalue weighted by molar-refractivity contribution is -0.140. The SMILES string of the molecule is CCCNC(=O)[C@H](CC)N(Cc1ccc(Cl)cc1Cl)C(=O)CN(c1cc(Cl)ccc1Cl)S(=O)(=O)c1ccccc1.